The Morgan fingerprint density at radius 3 is 2.12 bits per heavy atom. The molecule has 24 heavy (non-hydrogen) atoms. The van der Waals surface area contributed by atoms with Gasteiger partial charge in [0.15, 0.2) is 0 Å². The molecule has 5 heteroatoms. The third-order valence-electron chi connectivity index (χ3n) is 4.38. The monoisotopic (exact) mass is 344 g/mol. The summed E-state index contributed by atoms with van der Waals surface area (Å²) in [6.07, 6.45) is 3.09. The second kappa shape index (κ2) is 7.92. The fourth-order valence-corrected chi connectivity index (χ4v) is 4.45. The molecular weight excluding hydrogens is 320 g/mol. The van der Waals surface area contributed by atoms with Gasteiger partial charge in [-0.25, -0.2) is 13.1 Å². The van der Waals surface area contributed by atoms with E-state index >= 15 is 0 Å². The number of hydrogen-bond donors (Lipinski definition) is 1. The van der Waals surface area contributed by atoms with Crippen LogP contribution in [-0.2, 0) is 16.4 Å². The zero-order chi connectivity index (χ0) is 16.8. The molecule has 4 nitrogen and oxygen atoms in total. The third kappa shape index (κ3) is 4.66. The van der Waals surface area contributed by atoms with Crippen molar-refractivity contribution in [2.45, 2.75) is 30.2 Å². The third-order valence-corrected chi connectivity index (χ3v) is 5.91. The summed E-state index contributed by atoms with van der Waals surface area (Å²) in [5, 5.41) is 0. The lowest BCUT2D eigenvalue weighted by atomic mass is 10.1. The Kier molecular flexibility index (Phi) is 5.66. The van der Waals surface area contributed by atoms with Crippen molar-refractivity contribution in [3.05, 3.63) is 66.2 Å². The van der Waals surface area contributed by atoms with E-state index in [0.717, 1.165) is 25.2 Å². The minimum atomic E-state index is -3.50. The Morgan fingerprint density at radius 1 is 0.917 bits per heavy atom. The molecule has 1 N–H and O–H groups in total. The highest BCUT2D eigenvalue weighted by Crippen LogP contribution is 2.14. The largest absolute Gasteiger partial charge is 0.302 e. The minimum Gasteiger partial charge on any atom is -0.302 e. The second-order valence-electron chi connectivity index (χ2n) is 6.33. The van der Waals surface area contributed by atoms with Crippen molar-refractivity contribution in [1.29, 1.82) is 0 Å². The molecule has 3 rings (SSSR count). The van der Waals surface area contributed by atoms with Gasteiger partial charge in [0.2, 0.25) is 10.0 Å². The molecule has 0 saturated carbocycles. The molecule has 1 heterocycles. The fourth-order valence-electron chi connectivity index (χ4n) is 3.21. The molecule has 0 bridgehead atoms. The van der Waals surface area contributed by atoms with Crippen LogP contribution in [0.15, 0.2) is 65.6 Å². The molecular formula is C19H24N2O2S. The van der Waals surface area contributed by atoms with Crippen LogP contribution in [0.1, 0.15) is 18.4 Å². The Bertz CT molecular complexity index is 726. The summed E-state index contributed by atoms with van der Waals surface area (Å²) >= 11 is 0. The molecule has 1 saturated heterocycles. The number of likely N-dealkylation sites (tertiary alicyclic amines) is 1. The van der Waals surface area contributed by atoms with Crippen molar-refractivity contribution < 1.29 is 8.42 Å². The van der Waals surface area contributed by atoms with E-state index in [4.69, 9.17) is 0 Å². The number of nitrogens with one attached hydrogen (secondary N) is 1. The summed E-state index contributed by atoms with van der Waals surface area (Å²) in [6.45, 7) is 2.86. The van der Waals surface area contributed by atoms with Gasteiger partial charge < -0.3 is 4.90 Å². The molecule has 128 valence electrons. The van der Waals surface area contributed by atoms with Crippen molar-refractivity contribution >= 4 is 10.0 Å². The van der Waals surface area contributed by atoms with Gasteiger partial charge in [0.25, 0.3) is 0 Å². The molecule has 0 aromatic heterocycles. The Morgan fingerprint density at radius 2 is 1.50 bits per heavy atom. The van der Waals surface area contributed by atoms with Gasteiger partial charge >= 0.3 is 0 Å². The lowest BCUT2D eigenvalue weighted by Crippen LogP contribution is -2.44. The van der Waals surface area contributed by atoms with Crippen LogP contribution in [0, 0.1) is 0 Å². The van der Waals surface area contributed by atoms with Crippen LogP contribution in [0.3, 0.4) is 0 Å². The van der Waals surface area contributed by atoms with Crippen LogP contribution in [-0.4, -0.2) is 39.0 Å². The highest BCUT2D eigenvalue weighted by molar-refractivity contribution is 7.89. The summed E-state index contributed by atoms with van der Waals surface area (Å²) in [7, 11) is -3.50. The fraction of sp³-hybridized carbons (Fsp3) is 0.368. The molecule has 1 aliphatic rings. The van der Waals surface area contributed by atoms with Crippen molar-refractivity contribution in [2.24, 2.45) is 0 Å². The summed E-state index contributed by atoms with van der Waals surface area (Å²) < 4.78 is 28.3. The highest BCUT2D eigenvalue weighted by atomic mass is 32.2. The number of hydrogen-bond acceptors (Lipinski definition) is 3. The van der Waals surface area contributed by atoms with Gasteiger partial charge in [-0.3, -0.25) is 0 Å². The van der Waals surface area contributed by atoms with E-state index in [0.29, 0.717) is 11.3 Å². The predicted molar refractivity (Wildman–Crippen MR) is 96.4 cm³/mol. The molecule has 0 aliphatic carbocycles. The van der Waals surface area contributed by atoms with E-state index in [-0.39, 0.29) is 6.04 Å². The van der Waals surface area contributed by atoms with E-state index in [1.807, 2.05) is 36.4 Å². The van der Waals surface area contributed by atoms with Gasteiger partial charge in [0.1, 0.15) is 0 Å². The van der Waals surface area contributed by atoms with Gasteiger partial charge in [-0.05, 0) is 50.0 Å². The van der Waals surface area contributed by atoms with E-state index in [9.17, 15) is 8.42 Å². The molecule has 2 aromatic rings. The average molecular weight is 344 g/mol. The van der Waals surface area contributed by atoms with Crippen molar-refractivity contribution in [3.8, 4) is 0 Å². The summed E-state index contributed by atoms with van der Waals surface area (Å²) in [6, 6.07) is 18.5. The highest BCUT2D eigenvalue weighted by Gasteiger charge is 2.23. The summed E-state index contributed by atoms with van der Waals surface area (Å²) in [4.78, 5) is 2.67. The summed E-state index contributed by atoms with van der Waals surface area (Å²) in [5.41, 5.74) is 1.15. The van der Waals surface area contributed by atoms with Gasteiger partial charge in [0, 0.05) is 12.6 Å². The number of benzene rings is 2. The first kappa shape index (κ1) is 17.1. The number of sulfonamides is 1. The normalized spacial score (nSPS) is 17.0. The van der Waals surface area contributed by atoms with Crippen LogP contribution >= 0.6 is 0 Å². The van der Waals surface area contributed by atoms with Gasteiger partial charge in [-0.1, -0.05) is 48.5 Å². The molecule has 2 aromatic carbocycles. The average Bonchev–Trinajstić information content (AvgIpc) is 3.09. The molecule has 1 fully saturated rings. The molecule has 0 radical (unpaired) electrons. The quantitative estimate of drug-likeness (QED) is 0.840. The van der Waals surface area contributed by atoms with Crippen LogP contribution in [0.4, 0.5) is 0 Å². The standard InChI is InChI=1S/C19H24N2O2S/c22-24(23,19-11-5-2-6-12-19)20-18(16-21-13-7-8-14-21)15-17-9-3-1-4-10-17/h1-6,9-12,18,20H,7-8,13-16H2. The lowest BCUT2D eigenvalue weighted by Gasteiger charge is -2.24. The Hall–Kier alpha value is -1.69. The maximum Gasteiger partial charge on any atom is 0.240 e. The van der Waals surface area contributed by atoms with E-state index in [1.54, 1.807) is 24.3 Å². The van der Waals surface area contributed by atoms with Gasteiger partial charge in [0.05, 0.1) is 4.90 Å². The topological polar surface area (TPSA) is 49.4 Å². The van der Waals surface area contributed by atoms with E-state index < -0.39 is 10.0 Å². The van der Waals surface area contributed by atoms with Gasteiger partial charge in [-0.15, -0.1) is 0 Å². The van der Waals surface area contributed by atoms with Crippen molar-refractivity contribution in [1.82, 2.24) is 9.62 Å². The first-order valence-electron chi connectivity index (χ1n) is 8.47. The smallest absolute Gasteiger partial charge is 0.240 e. The lowest BCUT2D eigenvalue weighted by molar-refractivity contribution is 0.304. The molecule has 0 amide bonds. The van der Waals surface area contributed by atoms with Crippen molar-refractivity contribution in [2.75, 3.05) is 19.6 Å². The zero-order valence-electron chi connectivity index (χ0n) is 13.8. The first-order valence-corrected chi connectivity index (χ1v) is 9.95. The number of rotatable bonds is 7. The summed E-state index contributed by atoms with van der Waals surface area (Å²) in [5.74, 6) is 0. The number of nitrogens with zero attached hydrogens (tertiary/aromatic N) is 1. The minimum absolute atomic E-state index is 0.129. The maximum absolute atomic E-state index is 12.7. The SMILES string of the molecule is O=S(=O)(NC(Cc1ccccc1)CN1CCCC1)c1ccccc1. The Balaban J connectivity index is 1.75. The second-order valence-corrected chi connectivity index (χ2v) is 8.04. The van der Waals surface area contributed by atoms with E-state index in [1.165, 1.54) is 12.8 Å². The molecule has 1 unspecified atom stereocenters. The first-order chi connectivity index (χ1) is 11.6. The molecule has 0 spiro atoms. The van der Waals surface area contributed by atoms with Crippen LogP contribution in [0.25, 0.3) is 0 Å². The van der Waals surface area contributed by atoms with Crippen LogP contribution in [0.5, 0.6) is 0 Å². The van der Waals surface area contributed by atoms with Gasteiger partial charge in [-0.2, -0.15) is 0 Å². The molecule has 1 atom stereocenters. The zero-order valence-corrected chi connectivity index (χ0v) is 14.6. The maximum atomic E-state index is 12.7. The molecule has 1 aliphatic heterocycles. The van der Waals surface area contributed by atoms with E-state index in [2.05, 4.69) is 9.62 Å². The Labute approximate surface area is 144 Å². The van der Waals surface area contributed by atoms with Crippen molar-refractivity contribution in [3.63, 3.8) is 0 Å². The predicted octanol–water partition coefficient (Wildman–Crippen LogP) is 2.67. The van der Waals surface area contributed by atoms with Crippen LogP contribution in [0.2, 0.25) is 0 Å². The van der Waals surface area contributed by atoms with Crippen LogP contribution < -0.4 is 4.72 Å².